The molecule has 1 atom stereocenters. The van der Waals surface area contributed by atoms with Crippen molar-refractivity contribution in [3.05, 3.63) is 93.4 Å². The summed E-state index contributed by atoms with van der Waals surface area (Å²) in [6, 6.07) is 18.7. The number of benzene rings is 2. The molecule has 0 spiro atoms. The maximum atomic E-state index is 13.5. The number of piperazine rings is 1. The molecule has 176 valence electrons. The van der Waals surface area contributed by atoms with Gasteiger partial charge in [-0.3, -0.25) is 14.5 Å². The second-order valence-corrected chi connectivity index (χ2v) is 9.83. The van der Waals surface area contributed by atoms with Crippen molar-refractivity contribution in [2.45, 2.75) is 18.9 Å². The maximum absolute atomic E-state index is 13.5. The molecule has 1 fully saturated rings. The highest BCUT2D eigenvalue weighted by Gasteiger charge is 2.31. The number of carbonyl (C=O) groups excluding carboxylic acids is 2. The second-order valence-electron chi connectivity index (χ2n) is 8.83. The van der Waals surface area contributed by atoms with Gasteiger partial charge >= 0.3 is 0 Å². The number of hydrogen-bond donors (Lipinski definition) is 0. The van der Waals surface area contributed by atoms with Crippen LogP contribution < -0.4 is 0 Å². The largest absolute Gasteiger partial charge is 0.339 e. The summed E-state index contributed by atoms with van der Waals surface area (Å²) in [7, 11) is 0. The van der Waals surface area contributed by atoms with E-state index in [1.54, 1.807) is 17.0 Å². The van der Waals surface area contributed by atoms with Crippen molar-refractivity contribution in [1.82, 2.24) is 14.7 Å². The molecule has 3 aromatic rings. The first-order valence-electron chi connectivity index (χ1n) is 11.8. The van der Waals surface area contributed by atoms with E-state index in [1.165, 1.54) is 28.1 Å². The molecule has 0 N–H and O–H groups in total. The number of rotatable bonds is 5. The van der Waals surface area contributed by atoms with Gasteiger partial charge in [-0.05, 0) is 47.2 Å². The predicted octanol–water partition coefficient (Wildman–Crippen LogP) is 4.21. The quantitative estimate of drug-likeness (QED) is 0.553. The van der Waals surface area contributed by atoms with Crippen molar-refractivity contribution >= 4 is 23.2 Å². The molecule has 0 bridgehead atoms. The molecule has 0 radical (unpaired) electrons. The van der Waals surface area contributed by atoms with Gasteiger partial charge in [0.2, 0.25) is 5.91 Å². The first kappa shape index (κ1) is 22.7. The van der Waals surface area contributed by atoms with Crippen LogP contribution in [0.5, 0.6) is 0 Å². The van der Waals surface area contributed by atoms with Crippen LogP contribution in [0, 0.1) is 5.82 Å². The molecule has 0 aliphatic carbocycles. The standard InChI is InChI=1S/C27H28FN3O2S/c28-22-8-4-7-21(19-22)27(33)31-16-14-29(15-17-31)25(32)10-13-30-12-9-24-23(11-18-34-24)26(30)20-5-2-1-3-6-20/h1-8,11,18-19,26H,9-10,12-17H2. The van der Waals surface area contributed by atoms with E-state index in [1.807, 2.05) is 22.3 Å². The van der Waals surface area contributed by atoms with Crippen LogP contribution in [-0.2, 0) is 11.2 Å². The van der Waals surface area contributed by atoms with Gasteiger partial charge < -0.3 is 9.80 Å². The molecule has 2 amide bonds. The van der Waals surface area contributed by atoms with Gasteiger partial charge in [0.1, 0.15) is 5.82 Å². The zero-order valence-electron chi connectivity index (χ0n) is 19.0. The van der Waals surface area contributed by atoms with Gasteiger partial charge in [-0.2, -0.15) is 0 Å². The fourth-order valence-electron chi connectivity index (χ4n) is 5.00. The Morgan fingerprint density at radius 3 is 2.44 bits per heavy atom. The van der Waals surface area contributed by atoms with Crippen LogP contribution in [0.2, 0.25) is 0 Å². The summed E-state index contributed by atoms with van der Waals surface area (Å²) in [5.41, 5.74) is 2.97. The minimum absolute atomic E-state index is 0.126. The van der Waals surface area contributed by atoms with Crippen LogP contribution in [0.15, 0.2) is 66.0 Å². The van der Waals surface area contributed by atoms with Crippen LogP contribution >= 0.6 is 11.3 Å². The van der Waals surface area contributed by atoms with Crippen LogP contribution in [-0.4, -0.2) is 65.8 Å². The molecule has 2 aliphatic heterocycles. The number of amides is 2. The summed E-state index contributed by atoms with van der Waals surface area (Å²) >= 11 is 1.82. The molecule has 7 heteroatoms. The lowest BCUT2D eigenvalue weighted by molar-refractivity contribution is -0.133. The number of carbonyl (C=O) groups is 2. The zero-order valence-corrected chi connectivity index (χ0v) is 19.8. The number of thiophene rings is 1. The second kappa shape index (κ2) is 10.1. The fraction of sp³-hybridized carbons (Fsp3) is 0.333. The molecule has 3 heterocycles. The molecular formula is C27H28FN3O2S. The lowest BCUT2D eigenvalue weighted by Gasteiger charge is -2.38. The minimum Gasteiger partial charge on any atom is -0.339 e. The molecule has 1 saturated heterocycles. The van der Waals surface area contributed by atoms with E-state index in [9.17, 15) is 14.0 Å². The first-order valence-corrected chi connectivity index (χ1v) is 12.7. The number of nitrogens with zero attached hydrogens (tertiary/aromatic N) is 3. The van der Waals surface area contributed by atoms with Crippen molar-refractivity contribution in [3.8, 4) is 0 Å². The summed E-state index contributed by atoms with van der Waals surface area (Å²) in [6.07, 6.45) is 1.48. The van der Waals surface area contributed by atoms with E-state index in [0.29, 0.717) is 44.7 Å². The third kappa shape index (κ3) is 4.76. The Morgan fingerprint density at radius 2 is 1.68 bits per heavy atom. The highest BCUT2D eigenvalue weighted by Crippen LogP contribution is 2.37. The van der Waals surface area contributed by atoms with Gasteiger partial charge in [0.25, 0.3) is 5.91 Å². The smallest absolute Gasteiger partial charge is 0.254 e. The van der Waals surface area contributed by atoms with Crippen molar-refractivity contribution in [2.75, 3.05) is 39.3 Å². The fourth-order valence-corrected chi connectivity index (χ4v) is 5.90. The molecule has 1 aromatic heterocycles. The zero-order chi connectivity index (χ0) is 23.5. The van der Waals surface area contributed by atoms with E-state index >= 15 is 0 Å². The van der Waals surface area contributed by atoms with E-state index < -0.39 is 5.82 Å². The Labute approximate surface area is 203 Å². The summed E-state index contributed by atoms with van der Waals surface area (Å²) in [5.74, 6) is -0.473. The van der Waals surface area contributed by atoms with Crippen molar-refractivity contribution in [1.29, 1.82) is 0 Å². The normalized spacial score (nSPS) is 18.6. The third-order valence-corrected chi connectivity index (χ3v) is 7.78. The molecule has 2 aliphatic rings. The summed E-state index contributed by atoms with van der Waals surface area (Å²) in [5, 5.41) is 2.17. The predicted molar refractivity (Wildman–Crippen MR) is 131 cm³/mol. The Bertz CT molecular complexity index is 1160. The molecule has 5 rings (SSSR count). The Hall–Kier alpha value is -3.03. The van der Waals surface area contributed by atoms with Gasteiger partial charge in [-0.25, -0.2) is 4.39 Å². The molecule has 34 heavy (non-hydrogen) atoms. The average molecular weight is 478 g/mol. The molecular weight excluding hydrogens is 449 g/mol. The number of halogens is 1. The monoisotopic (exact) mass is 477 g/mol. The molecule has 0 saturated carbocycles. The average Bonchev–Trinajstić information content (AvgIpc) is 3.36. The van der Waals surface area contributed by atoms with Crippen LogP contribution in [0.1, 0.15) is 38.8 Å². The van der Waals surface area contributed by atoms with Crippen molar-refractivity contribution < 1.29 is 14.0 Å². The summed E-state index contributed by atoms with van der Waals surface area (Å²) in [4.78, 5) is 33.1. The molecule has 1 unspecified atom stereocenters. The Kier molecular flexibility index (Phi) is 6.74. The van der Waals surface area contributed by atoms with Gasteiger partial charge in [-0.1, -0.05) is 36.4 Å². The van der Waals surface area contributed by atoms with Crippen LogP contribution in [0.3, 0.4) is 0 Å². The van der Waals surface area contributed by atoms with Crippen LogP contribution in [0.25, 0.3) is 0 Å². The lowest BCUT2D eigenvalue weighted by atomic mass is 9.93. The molecule has 5 nitrogen and oxygen atoms in total. The molecule has 2 aromatic carbocycles. The lowest BCUT2D eigenvalue weighted by Crippen LogP contribution is -2.51. The van der Waals surface area contributed by atoms with Crippen molar-refractivity contribution in [2.24, 2.45) is 0 Å². The SMILES string of the molecule is O=C(CCN1CCc2sccc2C1c1ccccc1)N1CCN(C(=O)c2cccc(F)c2)CC1. The van der Waals surface area contributed by atoms with Gasteiger partial charge in [0.15, 0.2) is 0 Å². The van der Waals surface area contributed by atoms with E-state index in [2.05, 4.69) is 40.6 Å². The van der Waals surface area contributed by atoms with Gasteiger partial charge in [0, 0.05) is 56.1 Å². The van der Waals surface area contributed by atoms with Crippen molar-refractivity contribution in [3.63, 3.8) is 0 Å². The Balaban J connectivity index is 1.18. The first-order chi connectivity index (χ1) is 16.6. The third-order valence-electron chi connectivity index (χ3n) is 6.79. The Morgan fingerprint density at radius 1 is 0.912 bits per heavy atom. The summed E-state index contributed by atoms with van der Waals surface area (Å²) < 4.78 is 13.5. The highest BCUT2D eigenvalue weighted by molar-refractivity contribution is 7.10. The maximum Gasteiger partial charge on any atom is 0.254 e. The number of hydrogen-bond acceptors (Lipinski definition) is 4. The van der Waals surface area contributed by atoms with Gasteiger partial charge in [-0.15, -0.1) is 11.3 Å². The number of fused-ring (bicyclic) bond motifs is 1. The van der Waals surface area contributed by atoms with E-state index in [4.69, 9.17) is 0 Å². The van der Waals surface area contributed by atoms with Crippen LogP contribution in [0.4, 0.5) is 4.39 Å². The van der Waals surface area contributed by atoms with E-state index in [-0.39, 0.29) is 17.9 Å². The summed E-state index contributed by atoms with van der Waals surface area (Å²) in [6.45, 7) is 3.60. The highest BCUT2D eigenvalue weighted by atomic mass is 32.1. The van der Waals surface area contributed by atoms with E-state index in [0.717, 1.165) is 13.0 Å². The topological polar surface area (TPSA) is 43.9 Å². The van der Waals surface area contributed by atoms with Gasteiger partial charge in [0.05, 0.1) is 6.04 Å². The minimum atomic E-state index is -0.416.